The second-order valence-electron chi connectivity index (χ2n) is 10.3. The van der Waals surface area contributed by atoms with E-state index in [0.29, 0.717) is 44.9 Å². The predicted octanol–water partition coefficient (Wildman–Crippen LogP) is 8.08. The minimum atomic E-state index is -0.748. The Morgan fingerprint density at radius 3 is 2.25 bits per heavy atom. The topological polar surface area (TPSA) is 76.2 Å². The molecule has 0 unspecified atom stereocenters. The molecule has 0 bridgehead atoms. The maximum Gasteiger partial charge on any atom is 0.343 e. The zero-order chi connectivity index (χ0) is 30.8. The molecule has 0 radical (unpaired) electrons. The molecule has 1 heterocycles. The highest BCUT2D eigenvalue weighted by Gasteiger charge is 2.44. The van der Waals surface area contributed by atoms with E-state index in [-0.39, 0.29) is 5.57 Å². The van der Waals surface area contributed by atoms with Gasteiger partial charge in [-0.05, 0) is 81.3 Å². The fraction of sp³-hybridized carbons (Fsp3) is 0.0833. The van der Waals surface area contributed by atoms with Gasteiger partial charge in [0.05, 0.1) is 23.0 Å². The molecule has 7 nitrogen and oxygen atoms in total. The van der Waals surface area contributed by atoms with Gasteiger partial charge in [0.2, 0.25) is 0 Å². The van der Waals surface area contributed by atoms with E-state index >= 15 is 0 Å². The Balaban J connectivity index is 1.45. The van der Waals surface area contributed by atoms with E-state index in [1.165, 1.54) is 13.2 Å². The molecule has 4 amide bonds. The molecule has 0 atom stereocenters. The van der Waals surface area contributed by atoms with Gasteiger partial charge in [0.1, 0.15) is 12.2 Å². The summed E-state index contributed by atoms with van der Waals surface area (Å²) in [5.41, 5.74) is 2.94. The highest BCUT2D eigenvalue weighted by Crippen LogP contribution is 2.39. The summed E-state index contributed by atoms with van der Waals surface area (Å²) in [5, 5.41) is 1.56. The molecule has 5 aromatic carbocycles. The zero-order valence-corrected chi connectivity index (χ0v) is 25.6. The number of carbonyl (C=O) groups is 3. The van der Waals surface area contributed by atoms with Crippen molar-refractivity contribution in [2.24, 2.45) is 0 Å². The van der Waals surface area contributed by atoms with Crippen molar-refractivity contribution >= 4 is 62.0 Å². The second kappa shape index (κ2) is 12.2. The molecule has 218 valence electrons. The Morgan fingerprint density at radius 1 is 0.773 bits per heavy atom. The highest BCUT2D eigenvalue weighted by molar-refractivity contribution is 9.10. The zero-order valence-electron chi connectivity index (χ0n) is 24.0. The first-order chi connectivity index (χ1) is 21.4. The van der Waals surface area contributed by atoms with Gasteiger partial charge in [-0.15, -0.1) is 0 Å². The number of halogens is 1. The van der Waals surface area contributed by atoms with Crippen LogP contribution in [0.15, 0.2) is 119 Å². The van der Waals surface area contributed by atoms with Crippen LogP contribution in [0.5, 0.6) is 11.5 Å². The maximum atomic E-state index is 14.1. The monoisotopic (exact) mass is 646 g/mol. The number of anilines is 2. The van der Waals surface area contributed by atoms with E-state index in [4.69, 9.17) is 9.47 Å². The van der Waals surface area contributed by atoms with Gasteiger partial charge in [0.15, 0.2) is 11.5 Å². The SMILES string of the molecule is COc1cc(/C=C2\C(=O)N(c3cccc(C)c3)C(=O)N(c3cccc4ccccc34)C2=O)cc(Br)c1OCc1ccccc1. The second-order valence-corrected chi connectivity index (χ2v) is 11.1. The number of fused-ring (bicyclic) bond motifs is 1. The normalized spacial score (nSPS) is 14.4. The van der Waals surface area contributed by atoms with E-state index in [0.717, 1.165) is 26.3 Å². The summed E-state index contributed by atoms with van der Waals surface area (Å²) in [7, 11) is 1.52. The first-order valence-corrected chi connectivity index (χ1v) is 14.7. The number of nitrogens with zero attached hydrogens (tertiary/aromatic N) is 2. The molecule has 5 aromatic rings. The minimum Gasteiger partial charge on any atom is -0.493 e. The van der Waals surface area contributed by atoms with E-state index in [1.807, 2.05) is 73.7 Å². The number of barbiturate groups is 1. The van der Waals surface area contributed by atoms with Crippen molar-refractivity contribution < 1.29 is 23.9 Å². The first kappa shape index (κ1) is 28.9. The summed E-state index contributed by atoms with van der Waals surface area (Å²) < 4.78 is 12.3. The van der Waals surface area contributed by atoms with Crippen LogP contribution < -0.4 is 19.3 Å². The molecule has 6 rings (SSSR count). The summed E-state index contributed by atoms with van der Waals surface area (Å²) in [4.78, 5) is 44.3. The number of urea groups is 1. The van der Waals surface area contributed by atoms with Crippen LogP contribution in [0.1, 0.15) is 16.7 Å². The standard InChI is InChI=1S/C36H27BrN2O5/c1-23-10-8-15-27(18-23)38-34(40)29(35(41)39(36(38)42)31-17-9-14-26-13-6-7-16-28(26)31)19-25-20-30(37)33(32(21-25)43-2)44-22-24-11-4-3-5-12-24/h3-21H,22H2,1-2H3/b29-19+. The van der Waals surface area contributed by atoms with Crippen LogP contribution in [0.2, 0.25) is 0 Å². The number of rotatable bonds is 7. The van der Waals surface area contributed by atoms with Crippen LogP contribution in [0.4, 0.5) is 16.2 Å². The number of methoxy groups -OCH3 is 1. The van der Waals surface area contributed by atoms with Gasteiger partial charge < -0.3 is 9.47 Å². The highest BCUT2D eigenvalue weighted by atomic mass is 79.9. The fourth-order valence-corrected chi connectivity index (χ4v) is 5.77. The van der Waals surface area contributed by atoms with Crippen LogP contribution in [-0.4, -0.2) is 25.0 Å². The van der Waals surface area contributed by atoms with Crippen molar-refractivity contribution in [3.63, 3.8) is 0 Å². The van der Waals surface area contributed by atoms with E-state index in [9.17, 15) is 14.4 Å². The van der Waals surface area contributed by atoms with Gasteiger partial charge in [-0.25, -0.2) is 14.6 Å². The average molecular weight is 648 g/mol. The molecule has 0 aliphatic carbocycles. The lowest BCUT2D eigenvalue weighted by atomic mass is 10.0. The Kier molecular flexibility index (Phi) is 8.00. The van der Waals surface area contributed by atoms with Gasteiger partial charge in [0, 0.05) is 5.39 Å². The number of benzene rings is 5. The quantitative estimate of drug-likeness (QED) is 0.132. The van der Waals surface area contributed by atoms with Crippen molar-refractivity contribution in [2.45, 2.75) is 13.5 Å². The number of hydrogen-bond donors (Lipinski definition) is 0. The molecular weight excluding hydrogens is 620 g/mol. The van der Waals surface area contributed by atoms with Crippen molar-refractivity contribution in [1.29, 1.82) is 0 Å². The molecule has 0 spiro atoms. The molecule has 1 fully saturated rings. The van der Waals surface area contributed by atoms with Crippen molar-refractivity contribution in [1.82, 2.24) is 0 Å². The first-order valence-electron chi connectivity index (χ1n) is 13.9. The summed E-state index contributed by atoms with van der Waals surface area (Å²) in [6.07, 6.45) is 1.48. The molecule has 0 saturated carbocycles. The molecule has 1 saturated heterocycles. The van der Waals surface area contributed by atoms with Crippen LogP contribution in [0.25, 0.3) is 16.8 Å². The third-order valence-electron chi connectivity index (χ3n) is 7.31. The Hall–Kier alpha value is -5.21. The number of carbonyl (C=O) groups excluding carboxylic acids is 3. The number of aryl methyl sites for hydroxylation is 1. The van der Waals surface area contributed by atoms with Crippen molar-refractivity contribution in [2.75, 3.05) is 16.9 Å². The molecule has 8 heteroatoms. The number of ether oxygens (including phenoxy) is 2. The lowest BCUT2D eigenvalue weighted by Gasteiger charge is -2.34. The summed E-state index contributed by atoms with van der Waals surface area (Å²) >= 11 is 3.57. The fourth-order valence-electron chi connectivity index (χ4n) is 5.20. The largest absolute Gasteiger partial charge is 0.493 e. The summed E-state index contributed by atoms with van der Waals surface area (Å²) in [6, 6.07) is 32.3. The molecule has 1 aliphatic heterocycles. The summed E-state index contributed by atoms with van der Waals surface area (Å²) in [6.45, 7) is 2.19. The molecule has 0 N–H and O–H groups in total. The molecule has 0 aromatic heterocycles. The number of amides is 4. The van der Waals surface area contributed by atoms with Crippen LogP contribution >= 0.6 is 15.9 Å². The molecular formula is C36H27BrN2O5. The maximum absolute atomic E-state index is 14.1. The van der Waals surface area contributed by atoms with E-state index in [2.05, 4.69) is 15.9 Å². The average Bonchev–Trinajstić information content (AvgIpc) is 3.03. The number of imide groups is 2. The van der Waals surface area contributed by atoms with Gasteiger partial charge >= 0.3 is 6.03 Å². The smallest absolute Gasteiger partial charge is 0.343 e. The van der Waals surface area contributed by atoms with Crippen LogP contribution in [-0.2, 0) is 16.2 Å². The lowest BCUT2D eigenvalue weighted by molar-refractivity contribution is -0.121. The third-order valence-corrected chi connectivity index (χ3v) is 7.89. The van der Waals surface area contributed by atoms with Gasteiger partial charge in [-0.3, -0.25) is 9.59 Å². The van der Waals surface area contributed by atoms with Crippen molar-refractivity contribution in [3.8, 4) is 11.5 Å². The molecule has 44 heavy (non-hydrogen) atoms. The lowest BCUT2D eigenvalue weighted by Crippen LogP contribution is -2.57. The summed E-state index contributed by atoms with van der Waals surface area (Å²) in [5.74, 6) is -0.550. The van der Waals surface area contributed by atoms with Crippen molar-refractivity contribution in [3.05, 3.63) is 136 Å². The van der Waals surface area contributed by atoms with Gasteiger partial charge in [-0.2, -0.15) is 0 Å². The van der Waals surface area contributed by atoms with Gasteiger partial charge in [0.25, 0.3) is 11.8 Å². The number of hydrogen-bond acceptors (Lipinski definition) is 5. The van der Waals surface area contributed by atoms with Crippen LogP contribution in [0.3, 0.4) is 0 Å². The van der Waals surface area contributed by atoms with E-state index < -0.39 is 17.8 Å². The van der Waals surface area contributed by atoms with E-state index in [1.54, 1.807) is 42.5 Å². The Bertz CT molecular complexity index is 1950. The predicted molar refractivity (Wildman–Crippen MR) is 175 cm³/mol. The Morgan fingerprint density at radius 2 is 1.48 bits per heavy atom. The Labute approximate surface area is 263 Å². The van der Waals surface area contributed by atoms with Gasteiger partial charge in [-0.1, -0.05) is 78.9 Å². The third kappa shape index (κ3) is 5.47. The molecule has 1 aliphatic rings. The minimum absolute atomic E-state index is 0.175. The van der Waals surface area contributed by atoms with Crippen LogP contribution in [0, 0.1) is 6.92 Å².